The lowest BCUT2D eigenvalue weighted by Crippen LogP contribution is -2.43. The second-order valence-corrected chi connectivity index (χ2v) is 14.9. The summed E-state index contributed by atoms with van der Waals surface area (Å²) in [4.78, 5) is 29.6. The minimum Gasteiger partial charge on any atom is -0.493 e. The molecule has 2 aromatic carbocycles. The van der Waals surface area contributed by atoms with Gasteiger partial charge in [-0.3, -0.25) is 9.59 Å². The first-order chi connectivity index (χ1) is 19.0. The fourth-order valence-electron chi connectivity index (χ4n) is 6.35. The topological polar surface area (TPSA) is 90.0 Å². The van der Waals surface area contributed by atoms with Crippen LogP contribution >= 0.6 is 11.6 Å². The number of aryl methyl sites for hydroxylation is 1. The summed E-state index contributed by atoms with van der Waals surface area (Å²) < 4.78 is 37.3. The minimum absolute atomic E-state index is 0.00496. The summed E-state index contributed by atoms with van der Waals surface area (Å²) in [6.45, 7) is 10.2. The van der Waals surface area contributed by atoms with Crippen LogP contribution in [0.2, 0.25) is 5.02 Å². The molecule has 0 aromatic heterocycles. The largest absolute Gasteiger partial charge is 0.493 e. The highest BCUT2D eigenvalue weighted by Gasteiger charge is 2.48. The summed E-state index contributed by atoms with van der Waals surface area (Å²) >= 11 is 6.71. The molecule has 1 aliphatic heterocycles. The zero-order valence-corrected chi connectivity index (χ0v) is 26.1. The van der Waals surface area contributed by atoms with Gasteiger partial charge in [-0.25, -0.2) is 0 Å². The number of hydrogen-bond donors (Lipinski definition) is 0. The Morgan fingerprint density at radius 1 is 0.878 bits per heavy atom. The van der Waals surface area contributed by atoms with E-state index in [-0.39, 0.29) is 43.8 Å². The van der Waals surface area contributed by atoms with Gasteiger partial charge in [-0.2, -0.15) is 8.42 Å². The van der Waals surface area contributed by atoms with Crippen molar-refractivity contribution in [3.63, 3.8) is 0 Å². The second-order valence-electron chi connectivity index (χ2n) is 13.0. The van der Waals surface area contributed by atoms with Gasteiger partial charge in [-0.1, -0.05) is 57.0 Å². The van der Waals surface area contributed by atoms with E-state index in [1.54, 1.807) is 24.3 Å². The van der Waals surface area contributed by atoms with Crippen LogP contribution in [0.1, 0.15) is 70.4 Å². The van der Waals surface area contributed by atoms with Gasteiger partial charge >= 0.3 is 10.1 Å². The highest BCUT2D eigenvalue weighted by atomic mass is 35.5. The number of ether oxygens (including phenoxy) is 1. The summed E-state index contributed by atoms with van der Waals surface area (Å²) in [6.07, 6.45) is 2.10. The molecule has 3 aliphatic rings. The Balaban J connectivity index is 1.67. The van der Waals surface area contributed by atoms with Gasteiger partial charge in [-0.05, 0) is 60.4 Å². The van der Waals surface area contributed by atoms with E-state index in [1.807, 2.05) is 14.0 Å². The van der Waals surface area contributed by atoms with E-state index in [0.29, 0.717) is 42.4 Å². The third-order valence-corrected chi connectivity index (χ3v) is 9.78. The summed E-state index contributed by atoms with van der Waals surface area (Å²) in [6, 6.07) is 9.52. The van der Waals surface area contributed by atoms with Crippen LogP contribution in [0.4, 0.5) is 0 Å². The van der Waals surface area contributed by atoms with Crippen LogP contribution in [0.15, 0.2) is 63.8 Å². The molecule has 218 valence electrons. The summed E-state index contributed by atoms with van der Waals surface area (Å²) in [7, 11) is -0.864. The Morgan fingerprint density at radius 3 is 1.88 bits per heavy atom. The first-order valence-corrected chi connectivity index (χ1v) is 15.5. The van der Waals surface area contributed by atoms with Gasteiger partial charge < -0.3 is 13.8 Å². The zero-order valence-electron chi connectivity index (χ0n) is 24.6. The summed E-state index contributed by atoms with van der Waals surface area (Å²) in [5.74, 6) is -0.706. The van der Waals surface area contributed by atoms with E-state index in [0.717, 1.165) is 17.0 Å². The molecule has 0 fully saturated rings. The van der Waals surface area contributed by atoms with Crippen molar-refractivity contribution in [2.75, 3.05) is 14.2 Å². The molecule has 0 spiro atoms. The number of ketones is 2. The molecule has 0 unspecified atom stereocenters. The van der Waals surface area contributed by atoms with Crippen molar-refractivity contribution in [2.24, 2.45) is 10.8 Å². The van der Waals surface area contributed by atoms with E-state index in [1.165, 1.54) is 19.2 Å². The molecular formula is C32H36ClNO6S. The average molecular weight is 598 g/mol. The van der Waals surface area contributed by atoms with Crippen LogP contribution in [0.5, 0.6) is 11.5 Å². The SMILES string of the molecule is COc1cc(C2C3=C(CC(C)(C)CC3=O)N(C)C3=C2C(=O)CC(C)(C)C3)cc(Cl)c1OS(=O)(=O)c1ccc(C)cc1. The maximum absolute atomic E-state index is 13.8. The van der Waals surface area contributed by atoms with Gasteiger partial charge in [0.2, 0.25) is 5.75 Å². The fraction of sp³-hybridized carbons (Fsp3) is 0.438. The number of benzene rings is 2. The van der Waals surface area contributed by atoms with Crippen molar-refractivity contribution in [3.8, 4) is 11.5 Å². The Morgan fingerprint density at radius 2 is 1.39 bits per heavy atom. The molecular weight excluding hydrogens is 562 g/mol. The van der Waals surface area contributed by atoms with E-state index in [4.69, 9.17) is 20.5 Å². The number of allylic oxidation sites excluding steroid dienone is 4. The number of rotatable bonds is 5. The normalized spacial score (nSPS) is 20.6. The highest BCUT2D eigenvalue weighted by molar-refractivity contribution is 7.87. The monoisotopic (exact) mass is 597 g/mol. The van der Waals surface area contributed by atoms with Gasteiger partial charge in [0.15, 0.2) is 17.3 Å². The standard InChI is InChI=1S/C32H36ClNO6S/c1-18-8-10-20(11-9-18)41(37,38)40-30-21(33)12-19(13-26(30)39-7)27-28-22(14-31(2,3)16-24(28)35)34(6)23-15-32(4,5)17-25(36)29(23)27/h8-13,27H,14-17H2,1-7H3. The van der Waals surface area contributed by atoms with Gasteiger partial charge in [-0.15, -0.1) is 0 Å². The van der Waals surface area contributed by atoms with Crippen LogP contribution in [0.3, 0.4) is 0 Å². The van der Waals surface area contributed by atoms with E-state index < -0.39 is 16.0 Å². The highest BCUT2D eigenvalue weighted by Crippen LogP contribution is 2.55. The number of hydrogen-bond acceptors (Lipinski definition) is 7. The third-order valence-electron chi connectivity index (χ3n) is 8.27. The predicted octanol–water partition coefficient (Wildman–Crippen LogP) is 6.74. The number of Topliss-reactive ketones (excluding diaryl/α,β-unsaturated/α-hetero) is 2. The third kappa shape index (κ3) is 5.32. The Bertz CT molecular complexity index is 1580. The fourth-order valence-corrected chi connectivity index (χ4v) is 7.61. The maximum Gasteiger partial charge on any atom is 0.339 e. The molecule has 5 rings (SSSR count). The number of carbonyl (C=O) groups excluding carboxylic acids is 2. The first kappa shape index (κ1) is 29.4. The first-order valence-electron chi connectivity index (χ1n) is 13.7. The quantitative estimate of drug-likeness (QED) is 0.353. The molecule has 0 saturated heterocycles. The van der Waals surface area contributed by atoms with Gasteiger partial charge in [0.05, 0.1) is 12.1 Å². The number of methoxy groups -OCH3 is 1. The van der Waals surface area contributed by atoms with Crippen molar-refractivity contribution in [1.82, 2.24) is 4.90 Å². The van der Waals surface area contributed by atoms with E-state index in [9.17, 15) is 18.0 Å². The Kier molecular flexibility index (Phi) is 7.18. The van der Waals surface area contributed by atoms with Gasteiger partial charge in [0, 0.05) is 48.3 Å². The van der Waals surface area contributed by atoms with Crippen molar-refractivity contribution >= 4 is 33.3 Å². The minimum atomic E-state index is -4.21. The molecule has 9 heteroatoms. The van der Waals surface area contributed by atoms with Crippen molar-refractivity contribution in [1.29, 1.82) is 0 Å². The zero-order chi connectivity index (χ0) is 30.1. The molecule has 0 amide bonds. The maximum atomic E-state index is 13.8. The average Bonchev–Trinajstić information content (AvgIpc) is 2.85. The van der Waals surface area contributed by atoms with Crippen LogP contribution < -0.4 is 8.92 Å². The number of halogens is 1. The molecule has 7 nitrogen and oxygen atoms in total. The van der Waals surface area contributed by atoms with Crippen LogP contribution in [-0.2, 0) is 19.7 Å². The molecule has 2 aliphatic carbocycles. The van der Waals surface area contributed by atoms with E-state index >= 15 is 0 Å². The lowest BCUT2D eigenvalue weighted by molar-refractivity contribution is -0.119. The molecule has 0 radical (unpaired) electrons. The molecule has 1 heterocycles. The molecule has 0 atom stereocenters. The summed E-state index contributed by atoms with van der Waals surface area (Å²) in [5.41, 5.74) is 4.06. The molecule has 2 aromatic rings. The van der Waals surface area contributed by atoms with Gasteiger partial charge in [0.25, 0.3) is 0 Å². The van der Waals surface area contributed by atoms with Crippen LogP contribution in [0, 0.1) is 17.8 Å². The van der Waals surface area contributed by atoms with E-state index in [2.05, 4.69) is 32.6 Å². The predicted molar refractivity (Wildman–Crippen MR) is 158 cm³/mol. The summed E-state index contributed by atoms with van der Waals surface area (Å²) in [5, 5.41) is 0.00504. The van der Waals surface area contributed by atoms with Crippen molar-refractivity contribution in [3.05, 3.63) is 75.1 Å². The lowest BCUT2D eigenvalue weighted by Gasteiger charge is -2.48. The van der Waals surface area contributed by atoms with Gasteiger partial charge in [0.1, 0.15) is 4.90 Å². The molecule has 0 N–H and O–H groups in total. The number of carbonyl (C=O) groups is 2. The van der Waals surface area contributed by atoms with Crippen LogP contribution in [0.25, 0.3) is 0 Å². The number of nitrogens with zero attached hydrogens (tertiary/aromatic N) is 1. The second kappa shape index (κ2) is 10.0. The van der Waals surface area contributed by atoms with Crippen molar-refractivity contribution < 1.29 is 26.9 Å². The smallest absolute Gasteiger partial charge is 0.339 e. The lowest BCUT2D eigenvalue weighted by atomic mass is 9.64. The molecule has 0 saturated carbocycles. The molecule has 0 bridgehead atoms. The Labute approximate surface area is 247 Å². The molecule has 41 heavy (non-hydrogen) atoms. The Hall–Kier alpha value is -3.10. The van der Waals surface area contributed by atoms with Crippen LogP contribution in [-0.4, -0.2) is 39.0 Å². The van der Waals surface area contributed by atoms with Crippen molar-refractivity contribution in [2.45, 2.75) is 71.1 Å².